The Balaban J connectivity index is 1.73. The van der Waals surface area contributed by atoms with Crippen LogP contribution in [0.2, 0.25) is 0 Å². The molecule has 1 aromatic heterocycles. The molecule has 1 heterocycles. The number of aromatic nitrogens is 1. The maximum absolute atomic E-state index is 11.0. The number of benzene rings is 3. The number of pyridine rings is 1. The number of fused-ring (bicyclic) bond motifs is 1. The first-order valence-electron chi connectivity index (χ1n) is 9.89. The summed E-state index contributed by atoms with van der Waals surface area (Å²) in [4.78, 5) is 19.8. The van der Waals surface area contributed by atoms with Crippen molar-refractivity contribution in [2.24, 2.45) is 10.1 Å². The summed E-state index contributed by atoms with van der Waals surface area (Å²) < 4.78 is 5.39. The Kier molecular flexibility index (Phi) is 6.21. The third-order valence-corrected chi connectivity index (χ3v) is 4.75. The molecule has 0 radical (unpaired) electrons. The van der Waals surface area contributed by atoms with Gasteiger partial charge in [-0.1, -0.05) is 36.4 Å². The van der Waals surface area contributed by atoms with Crippen LogP contribution in [-0.4, -0.2) is 34.2 Å². The summed E-state index contributed by atoms with van der Waals surface area (Å²) in [5.41, 5.74) is 4.74. The number of rotatable bonds is 6. The fourth-order valence-corrected chi connectivity index (χ4v) is 3.10. The minimum Gasteiger partial charge on any atom is -0.507 e. The number of para-hydroxylation sites is 3. The highest BCUT2D eigenvalue weighted by atomic mass is 16.6. The van der Waals surface area contributed by atoms with Crippen molar-refractivity contribution >= 4 is 34.3 Å². The van der Waals surface area contributed by atoms with E-state index < -0.39 is 4.92 Å². The van der Waals surface area contributed by atoms with Gasteiger partial charge in [0.2, 0.25) is 0 Å². The number of hydrogen-bond acceptors (Lipinski definition) is 7. The average Bonchev–Trinajstić information content (AvgIpc) is 2.84. The van der Waals surface area contributed by atoms with Gasteiger partial charge in [-0.15, -0.1) is 0 Å². The Bertz CT molecular complexity index is 1380. The molecule has 164 valence electrons. The second-order valence-electron chi connectivity index (χ2n) is 6.89. The molecule has 0 saturated heterocycles. The van der Waals surface area contributed by atoms with Crippen molar-refractivity contribution in [3.8, 4) is 11.5 Å². The maximum Gasteiger partial charge on any atom is 0.270 e. The van der Waals surface area contributed by atoms with Crippen LogP contribution in [0.5, 0.6) is 11.5 Å². The predicted molar refractivity (Wildman–Crippen MR) is 126 cm³/mol. The van der Waals surface area contributed by atoms with Crippen molar-refractivity contribution in [3.05, 3.63) is 100 Å². The van der Waals surface area contributed by atoms with Crippen LogP contribution in [-0.2, 0) is 0 Å². The van der Waals surface area contributed by atoms with Crippen molar-refractivity contribution in [2.75, 3.05) is 7.11 Å². The lowest BCUT2D eigenvalue weighted by Crippen LogP contribution is -2.20. The molecule has 9 nitrogen and oxygen atoms in total. The first-order chi connectivity index (χ1) is 16.0. The number of nitrogens with one attached hydrogen (secondary N) is 1. The summed E-state index contributed by atoms with van der Waals surface area (Å²) in [5, 5.41) is 26.2. The van der Waals surface area contributed by atoms with Crippen molar-refractivity contribution < 1.29 is 14.8 Å². The Morgan fingerprint density at radius 1 is 1.09 bits per heavy atom. The first-order valence-corrected chi connectivity index (χ1v) is 9.89. The molecule has 0 unspecified atom stereocenters. The molecule has 4 rings (SSSR count). The molecule has 0 atom stereocenters. The van der Waals surface area contributed by atoms with Gasteiger partial charge in [0, 0.05) is 23.1 Å². The second-order valence-corrected chi connectivity index (χ2v) is 6.89. The normalized spacial score (nSPS) is 11.6. The third-order valence-electron chi connectivity index (χ3n) is 4.75. The van der Waals surface area contributed by atoms with E-state index in [-0.39, 0.29) is 17.0 Å². The molecule has 9 heteroatoms. The Morgan fingerprint density at radius 3 is 2.70 bits per heavy atom. The van der Waals surface area contributed by atoms with Gasteiger partial charge in [-0.3, -0.25) is 15.5 Å². The summed E-state index contributed by atoms with van der Waals surface area (Å²) in [7, 11) is 1.55. The number of phenols is 1. The van der Waals surface area contributed by atoms with Gasteiger partial charge in [0.25, 0.3) is 5.69 Å². The smallest absolute Gasteiger partial charge is 0.270 e. The minimum atomic E-state index is -0.544. The number of phenolic OH excluding ortho intramolecular Hbond substituents is 1. The summed E-state index contributed by atoms with van der Waals surface area (Å²) in [6, 6.07) is 22.3. The molecule has 0 amide bonds. The molecule has 2 N–H and O–H groups in total. The van der Waals surface area contributed by atoms with Gasteiger partial charge >= 0.3 is 0 Å². The summed E-state index contributed by atoms with van der Waals surface area (Å²) in [6.07, 6.45) is 1.28. The van der Waals surface area contributed by atoms with Gasteiger partial charge < -0.3 is 9.84 Å². The van der Waals surface area contributed by atoms with E-state index in [2.05, 4.69) is 20.5 Å². The zero-order valence-electron chi connectivity index (χ0n) is 17.5. The number of aliphatic imine (C=N–C) groups is 1. The number of nitro groups is 1. The molecular formula is C24H19N5O4. The molecule has 33 heavy (non-hydrogen) atoms. The first kappa shape index (κ1) is 21.4. The van der Waals surface area contributed by atoms with E-state index in [4.69, 9.17) is 4.74 Å². The number of ether oxygens (including phenoxy) is 1. The lowest BCUT2D eigenvalue weighted by molar-refractivity contribution is -0.384. The third kappa shape index (κ3) is 4.93. The van der Waals surface area contributed by atoms with E-state index in [9.17, 15) is 15.2 Å². The van der Waals surface area contributed by atoms with Crippen molar-refractivity contribution in [2.45, 2.75) is 0 Å². The van der Waals surface area contributed by atoms with Crippen molar-refractivity contribution in [3.63, 3.8) is 0 Å². The highest BCUT2D eigenvalue weighted by Gasteiger charge is 2.11. The Hall–Kier alpha value is -4.79. The van der Waals surface area contributed by atoms with Crippen LogP contribution in [0.25, 0.3) is 10.9 Å². The SMILES string of the molecule is COc1ccccc1N=C(NN=Cc1cc([N+](=O)[O-])ccc1O)c1ccc2ccccc2n1. The quantitative estimate of drug-likeness (QED) is 0.196. The maximum atomic E-state index is 11.0. The number of amidine groups is 1. The number of nitrogens with zero attached hydrogens (tertiary/aromatic N) is 4. The largest absolute Gasteiger partial charge is 0.507 e. The van der Waals surface area contributed by atoms with E-state index >= 15 is 0 Å². The van der Waals surface area contributed by atoms with Crippen LogP contribution < -0.4 is 10.2 Å². The van der Waals surface area contributed by atoms with Crippen LogP contribution in [0.1, 0.15) is 11.3 Å². The number of hydrogen-bond donors (Lipinski definition) is 2. The number of hydrazone groups is 1. The number of aromatic hydroxyl groups is 1. The monoisotopic (exact) mass is 441 g/mol. The zero-order valence-corrected chi connectivity index (χ0v) is 17.5. The summed E-state index contributed by atoms with van der Waals surface area (Å²) in [5.74, 6) is 0.752. The van der Waals surface area contributed by atoms with Gasteiger partial charge in [-0.05, 0) is 30.3 Å². The van der Waals surface area contributed by atoms with Crippen LogP contribution in [0.3, 0.4) is 0 Å². The number of methoxy groups -OCH3 is 1. The highest BCUT2D eigenvalue weighted by Crippen LogP contribution is 2.27. The Labute approximate surface area is 188 Å². The van der Waals surface area contributed by atoms with Crippen LogP contribution in [0, 0.1) is 10.1 Å². The molecule has 0 aliphatic carbocycles. The predicted octanol–water partition coefficient (Wildman–Crippen LogP) is 4.56. The molecule has 0 aliphatic heterocycles. The van der Waals surface area contributed by atoms with Crippen LogP contribution >= 0.6 is 0 Å². The fourth-order valence-electron chi connectivity index (χ4n) is 3.10. The molecule has 0 bridgehead atoms. The van der Waals surface area contributed by atoms with E-state index in [1.54, 1.807) is 19.2 Å². The molecule has 0 aliphatic rings. The lowest BCUT2D eigenvalue weighted by atomic mass is 10.2. The summed E-state index contributed by atoms with van der Waals surface area (Å²) in [6.45, 7) is 0. The second kappa shape index (κ2) is 9.56. The van der Waals surface area contributed by atoms with Crippen molar-refractivity contribution in [1.29, 1.82) is 0 Å². The molecule has 0 saturated carbocycles. The molecule has 0 spiro atoms. The molecular weight excluding hydrogens is 422 g/mol. The van der Waals surface area contributed by atoms with Gasteiger partial charge in [0.1, 0.15) is 22.9 Å². The number of non-ortho nitro benzene ring substituents is 1. The van der Waals surface area contributed by atoms with Gasteiger partial charge in [-0.25, -0.2) is 9.98 Å². The zero-order chi connectivity index (χ0) is 23.2. The Morgan fingerprint density at radius 2 is 1.88 bits per heavy atom. The van der Waals surface area contributed by atoms with Crippen molar-refractivity contribution in [1.82, 2.24) is 10.4 Å². The van der Waals surface area contributed by atoms with E-state index in [0.717, 1.165) is 10.9 Å². The van der Waals surface area contributed by atoms with Gasteiger partial charge in [0.15, 0.2) is 5.84 Å². The standard InChI is InChI=1S/C24H19N5O4/c1-33-23-9-5-4-8-20(23)27-24(21-12-10-16-6-2-3-7-19(16)26-21)28-25-15-17-14-18(29(31)32)11-13-22(17)30/h2-15,30H,1H3,(H,27,28). The fraction of sp³-hybridized carbons (Fsp3) is 0.0417. The highest BCUT2D eigenvalue weighted by molar-refractivity contribution is 6.01. The van der Waals surface area contributed by atoms with E-state index in [0.29, 0.717) is 23.0 Å². The summed E-state index contributed by atoms with van der Waals surface area (Å²) >= 11 is 0. The molecule has 0 fully saturated rings. The molecule has 4 aromatic rings. The topological polar surface area (TPSA) is 122 Å². The lowest BCUT2D eigenvalue weighted by Gasteiger charge is -2.09. The molecule has 3 aromatic carbocycles. The van der Waals surface area contributed by atoms with E-state index in [1.807, 2.05) is 48.5 Å². The minimum absolute atomic E-state index is 0.141. The van der Waals surface area contributed by atoms with Crippen LogP contribution in [0.15, 0.2) is 89.0 Å². The number of nitro benzene ring substituents is 1. The van der Waals surface area contributed by atoms with E-state index in [1.165, 1.54) is 24.4 Å². The van der Waals surface area contributed by atoms with Gasteiger partial charge in [0.05, 0.1) is 23.8 Å². The van der Waals surface area contributed by atoms with Crippen LogP contribution in [0.4, 0.5) is 11.4 Å². The van der Waals surface area contributed by atoms with Gasteiger partial charge in [-0.2, -0.15) is 5.10 Å². The average molecular weight is 441 g/mol.